The molecule has 1 atom stereocenters. The maximum atomic E-state index is 6.45. The number of amidine groups is 1. The summed E-state index contributed by atoms with van der Waals surface area (Å²) >= 11 is 12.8. The first kappa shape index (κ1) is 13.6. The zero-order valence-corrected chi connectivity index (χ0v) is 12.9. The van der Waals surface area contributed by atoms with E-state index < -0.39 is 5.54 Å². The van der Waals surface area contributed by atoms with Crippen LogP contribution < -0.4 is 16.3 Å². The molecule has 0 saturated carbocycles. The Hall–Kier alpha value is -2.01. The lowest BCUT2D eigenvalue weighted by Crippen LogP contribution is -2.53. The second kappa shape index (κ2) is 5.02. The fourth-order valence-electron chi connectivity index (χ4n) is 2.80. The van der Waals surface area contributed by atoms with E-state index in [0.29, 0.717) is 10.1 Å². The molecule has 4 nitrogen and oxygen atoms in total. The predicted octanol–water partition coefficient (Wildman–Crippen LogP) is 3.06. The van der Waals surface area contributed by atoms with E-state index in [1.165, 1.54) is 0 Å². The van der Waals surface area contributed by atoms with Gasteiger partial charge < -0.3 is 5.32 Å². The van der Waals surface area contributed by atoms with E-state index in [1.54, 1.807) is 0 Å². The molecule has 0 saturated heterocycles. The van der Waals surface area contributed by atoms with Crippen LogP contribution in [0.3, 0.4) is 0 Å². The summed E-state index contributed by atoms with van der Waals surface area (Å²) in [6.07, 6.45) is 9.71. The van der Waals surface area contributed by atoms with E-state index in [9.17, 15) is 0 Å². The minimum absolute atomic E-state index is 0.592. The van der Waals surface area contributed by atoms with Gasteiger partial charge in [-0.15, -0.1) is 5.10 Å². The van der Waals surface area contributed by atoms with E-state index in [-0.39, 0.29) is 0 Å². The van der Waals surface area contributed by atoms with Crippen molar-refractivity contribution in [2.24, 2.45) is 5.10 Å². The Morgan fingerprint density at radius 1 is 1.14 bits per heavy atom. The molecule has 0 bridgehead atoms. The van der Waals surface area contributed by atoms with Crippen LogP contribution in [0.2, 0.25) is 5.02 Å². The molecule has 110 valence electrons. The monoisotopic (exact) mass is 330 g/mol. The average molecular weight is 331 g/mol. The smallest absolute Gasteiger partial charge is 0.158 e. The number of allylic oxidation sites excluding steroid dienone is 4. The van der Waals surface area contributed by atoms with Gasteiger partial charge in [-0.25, -0.2) is 5.53 Å². The van der Waals surface area contributed by atoms with Gasteiger partial charge in [0.15, 0.2) is 5.84 Å². The van der Waals surface area contributed by atoms with Crippen LogP contribution in [0.25, 0.3) is 5.57 Å². The van der Waals surface area contributed by atoms with Gasteiger partial charge in [0.25, 0.3) is 0 Å². The molecular formula is C16H12Cl2N4. The molecule has 1 aliphatic carbocycles. The molecule has 3 N–H and O–H groups in total. The molecule has 0 fully saturated rings. The third-order valence-corrected chi connectivity index (χ3v) is 4.57. The Bertz CT molecular complexity index is 804. The predicted molar refractivity (Wildman–Crippen MR) is 90.2 cm³/mol. The van der Waals surface area contributed by atoms with Crippen molar-refractivity contribution in [3.05, 3.63) is 76.0 Å². The van der Waals surface area contributed by atoms with Crippen molar-refractivity contribution < 1.29 is 0 Å². The third kappa shape index (κ3) is 1.92. The summed E-state index contributed by atoms with van der Waals surface area (Å²) in [4.78, 5) is 0. The normalized spacial score (nSPS) is 25.5. The summed E-state index contributed by atoms with van der Waals surface area (Å²) in [6.45, 7) is 0. The van der Waals surface area contributed by atoms with E-state index in [2.05, 4.69) is 21.4 Å². The van der Waals surface area contributed by atoms with E-state index in [0.717, 1.165) is 22.5 Å². The number of halogens is 2. The highest BCUT2D eigenvalue weighted by atomic mass is 35.5. The van der Waals surface area contributed by atoms with Gasteiger partial charge in [-0.1, -0.05) is 53.6 Å². The molecule has 1 spiro atoms. The first-order valence-electron chi connectivity index (χ1n) is 6.80. The van der Waals surface area contributed by atoms with Gasteiger partial charge in [0.2, 0.25) is 0 Å². The first-order valence-corrected chi connectivity index (χ1v) is 7.56. The first-order chi connectivity index (χ1) is 10.7. The van der Waals surface area contributed by atoms with E-state index in [4.69, 9.17) is 23.2 Å². The molecule has 1 aromatic rings. The third-order valence-electron chi connectivity index (χ3n) is 3.91. The van der Waals surface area contributed by atoms with Crippen LogP contribution in [0.15, 0.2) is 70.5 Å². The molecule has 1 aromatic carbocycles. The van der Waals surface area contributed by atoms with Gasteiger partial charge in [-0.05, 0) is 23.8 Å². The van der Waals surface area contributed by atoms with Crippen molar-refractivity contribution in [3.8, 4) is 0 Å². The number of hydrogen-bond acceptors (Lipinski definition) is 4. The number of benzene rings is 1. The van der Waals surface area contributed by atoms with Gasteiger partial charge in [-0.3, -0.25) is 0 Å². The van der Waals surface area contributed by atoms with Gasteiger partial charge in [-0.2, -0.15) is 5.43 Å². The van der Waals surface area contributed by atoms with Crippen molar-refractivity contribution >= 4 is 34.6 Å². The van der Waals surface area contributed by atoms with Crippen LogP contribution >= 0.6 is 23.2 Å². The summed E-state index contributed by atoms with van der Waals surface area (Å²) < 4.78 is 0. The van der Waals surface area contributed by atoms with Gasteiger partial charge in [0, 0.05) is 27.4 Å². The van der Waals surface area contributed by atoms with Crippen molar-refractivity contribution in [3.63, 3.8) is 0 Å². The fraction of sp³-hybridized carbons (Fsp3) is 0.0625. The molecule has 2 aliphatic heterocycles. The lowest BCUT2D eigenvalue weighted by Gasteiger charge is -2.30. The second-order valence-corrected chi connectivity index (χ2v) is 5.98. The Morgan fingerprint density at radius 3 is 2.86 bits per heavy atom. The van der Waals surface area contributed by atoms with Crippen molar-refractivity contribution in [1.82, 2.24) is 16.3 Å². The molecule has 22 heavy (non-hydrogen) atoms. The maximum Gasteiger partial charge on any atom is 0.158 e. The van der Waals surface area contributed by atoms with Crippen LogP contribution in [-0.2, 0) is 0 Å². The molecule has 0 radical (unpaired) electrons. The number of hydrazone groups is 1. The highest BCUT2D eigenvalue weighted by Crippen LogP contribution is 2.38. The lowest BCUT2D eigenvalue weighted by molar-refractivity contribution is 0.528. The number of rotatable bonds is 1. The highest BCUT2D eigenvalue weighted by Gasteiger charge is 2.44. The highest BCUT2D eigenvalue weighted by molar-refractivity contribution is 6.34. The average Bonchev–Trinajstić information content (AvgIpc) is 2.83. The van der Waals surface area contributed by atoms with Gasteiger partial charge in [0.05, 0.1) is 0 Å². The minimum atomic E-state index is -0.592. The van der Waals surface area contributed by atoms with Crippen molar-refractivity contribution in [1.29, 1.82) is 0 Å². The topological polar surface area (TPSA) is 48.5 Å². The lowest BCUT2D eigenvalue weighted by atomic mass is 9.84. The molecule has 0 aromatic heterocycles. The molecule has 4 rings (SSSR count). The summed E-state index contributed by atoms with van der Waals surface area (Å²) in [5.74, 6) is 0.739. The fourth-order valence-corrected chi connectivity index (χ4v) is 3.32. The van der Waals surface area contributed by atoms with Gasteiger partial charge in [0.1, 0.15) is 5.54 Å². The summed E-state index contributed by atoms with van der Waals surface area (Å²) in [6, 6.07) is 7.71. The Kier molecular flexibility index (Phi) is 3.11. The standard InChI is InChI=1S/C16H12Cl2N4/c17-13-5-2-1-4-11(13)10-8-12-14(18)6-3-7-16(12)15(19-9-10)20-22-21-16/h1-9,21-22H,(H,19,20). The SMILES string of the molecule is ClC1=CC=CC23NNN=C2NC=C(c2ccccc2Cl)C=C13. The number of nitrogens with zero attached hydrogens (tertiary/aromatic N) is 1. The largest absolute Gasteiger partial charge is 0.346 e. The Morgan fingerprint density at radius 2 is 2.00 bits per heavy atom. The Balaban J connectivity index is 1.90. The summed E-state index contributed by atoms with van der Waals surface area (Å²) in [5.41, 5.74) is 8.18. The van der Waals surface area contributed by atoms with Crippen LogP contribution in [0.4, 0.5) is 0 Å². The molecule has 3 aliphatic rings. The minimum Gasteiger partial charge on any atom is -0.346 e. The van der Waals surface area contributed by atoms with E-state index in [1.807, 2.05) is 54.8 Å². The van der Waals surface area contributed by atoms with Crippen LogP contribution in [0, 0.1) is 0 Å². The molecule has 2 heterocycles. The second-order valence-electron chi connectivity index (χ2n) is 5.16. The summed E-state index contributed by atoms with van der Waals surface area (Å²) in [5, 5.41) is 8.86. The number of nitrogens with one attached hydrogen (secondary N) is 3. The zero-order valence-electron chi connectivity index (χ0n) is 11.4. The zero-order chi connectivity index (χ0) is 15.2. The molecule has 0 amide bonds. The maximum absolute atomic E-state index is 6.45. The molecule has 1 unspecified atom stereocenters. The van der Waals surface area contributed by atoms with E-state index >= 15 is 0 Å². The van der Waals surface area contributed by atoms with Crippen molar-refractivity contribution in [2.75, 3.05) is 0 Å². The Labute approximate surface area is 137 Å². The van der Waals surface area contributed by atoms with Crippen LogP contribution in [0.1, 0.15) is 5.56 Å². The van der Waals surface area contributed by atoms with Crippen LogP contribution in [0.5, 0.6) is 0 Å². The molecule has 6 heteroatoms. The summed E-state index contributed by atoms with van der Waals surface area (Å²) in [7, 11) is 0. The number of hydrazine groups is 1. The molecular weight excluding hydrogens is 319 g/mol. The van der Waals surface area contributed by atoms with Crippen LogP contribution in [-0.4, -0.2) is 11.4 Å². The van der Waals surface area contributed by atoms with Gasteiger partial charge >= 0.3 is 0 Å². The van der Waals surface area contributed by atoms with Crippen molar-refractivity contribution in [2.45, 2.75) is 5.54 Å². The quantitative estimate of drug-likeness (QED) is 0.741. The number of hydrogen-bond donors (Lipinski definition) is 3.